The number of carbonyl (C=O) groups excluding carboxylic acids is 2. The molecular weight excluding hydrogens is 235 g/mol. The van der Waals surface area contributed by atoms with E-state index >= 15 is 0 Å². The highest BCUT2D eigenvalue weighted by molar-refractivity contribution is 5.98. The molecule has 0 aromatic heterocycles. The van der Waals surface area contributed by atoms with E-state index in [9.17, 15) is 14.0 Å². The second kappa shape index (κ2) is 5.16. The summed E-state index contributed by atoms with van der Waals surface area (Å²) in [6.07, 6.45) is 1.40. The summed E-state index contributed by atoms with van der Waals surface area (Å²) in [5.74, 6) is -1.32. The first-order valence-electron chi connectivity index (χ1n) is 5.92. The Morgan fingerprint density at radius 3 is 3.00 bits per heavy atom. The first-order valence-corrected chi connectivity index (χ1v) is 5.92. The van der Waals surface area contributed by atoms with Crippen molar-refractivity contribution in [3.63, 3.8) is 0 Å². The van der Waals surface area contributed by atoms with Crippen molar-refractivity contribution in [3.8, 4) is 0 Å². The van der Waals surface area contributed by atoms with Crippen LogP contribution in [0.25, 0.3) is 0 Å². The summed E-state index contributed by atoms with van der Waals surface area (Å²) in [6, 6.07) is 3.77. The number of piperidine rings is 1. The van der Waals surface area contributed by atoms with Crippen LogP contribution in [0.4, 0.5) is 4.39 Å². The lowest BCUT2D eigenvalue weighted by atomic mass is 10.1. The Kier molecular flexibility index (Phi) is 3.60. The Bertz CT molecular complexity index is 488. The lowest BCUT2D eigenvalue weighted by molar-refractivity contribution is -0.124. The average Bonchev–Trinajstić information content (AvgIpc) is 2.35. The van der Waals surface area contributed by atoms with Gasteiger partial charge in [0.05, 0.1) is 5.56 Å². The van der Waals surface area contributed by atoms with E-state index in [1.165, 1.54) is 12.1 Å². The predicted octanol–water partition coefficient (Wildman–Crippen LogP) is 1.14. The van der Waals surface area contributed by atoms with E-state index in [1.54, 1.807) is 13.0 Å². The fourth-order valence-corrected chi connectivity index (χ4v) is 1.96. The van der Waals surface area contributed by atoms with Gasteiger partial charge in [-0.25, -0.2) is 4.39 Å². The minimum atomic E-state index is -0.575. The Balaban J connectivity index is 2.11. The Morgan fingerprint density at radius 1 is 1.50 bits per heavy atom. The van der Waals surface area contributed by atoms with Crippen LogP contribution < -0.4 is 10.6 Å². The Hall–Kier alpha value is -1.91. The fraction of sp³-hybridized carbons (Fsp3) is 0.385. The highest BCUT2D eigenvalue weighted by atomic mass is 19.1. The van der Waals surface area contributed by atoms with E-state index in [1.807, 2.05) is 0 Å². The maximum atomic E-state index is 13.5. The quantitative estimate of drug-likeness (QED) is 0.827. The van der Waals surface area contributed by atoms with Crippen molar-refractivity contribution in [2.75, 3.05) is 6.54 Å². The predicted molar refractivity (Wildman–Crippen MR) is 64.6 cm³/mol. The molecule has 0 aliphatic carbocycles. The molecule has 1 fully saturated rings. The molecule has 0 spiro atoms. The number of hydrogen-bond acceptors (Lipinski definition) is 2. The molecule has 0 radical (unpaired) electrons. The number of nitrogens with one attached hydrogen (secondary N) is 2. The second-order valence-corrected chi connectivity index (χ2v) is 4.44. The highest BCUT2D eigenvalue weighted by Crippen LogP contribution is 2.11. The molecule has 0 saturated carbocycles. The van der Waals surface area contributed by atoms with Crippen molar-refractivity contribution in [1.29, 1.82) is 0 Å². The number of aryl methyl sites for hydroxylation is 1. The summed E-state index contributed by atoms with van der Waals surface area (Å²) in [5.41, 5.74) is 0.781. The van der Waals surface area contributed by atoms with Gasteiger partial charge in [0.2, 0.25) is 5.91 Å². The molecule has 2 N–H and O–H groups in total. The number of carbonyl (C=O) groups is 2. The van der Waals surface area contributed by atoms with E-state index in [4.69, 9.17) is 0 Å². The van der Waals surface area contributed by atoms with Crippen molar-refractivity contribution in [2.45, 2.75) is 25.8 Å². The van der Waals surface area contributed by atoms with Gasteiger partial charge in [0, 0.05) is 6.54 Å². The van der Waals surface area contributed by atoms with Gasteiger partial charge < -0.3 is 10.6 Å². The van der Waals surface area contributed by atoms with Gasteiger partial charge in [-0.15, -0.1) is 0 Å². The van der Waals surface area contributed by atoms with E-state index in [0.29, 0.717) is 13.0 Å². The summed E-state index contributed by atoms with van der Waals surface area (Å²) in [5, 5.41) is 5.23. The molecule has 96 valence electrons. The van der Waals surface area contributed by atoms with Crippen molar-refractivity contribution in [2.24, 2.45) is 0 Å². The molecule has 18 heavy (non-hydrogen) atoms. The van der Waals surface area contributed by atoms with Crippen LogP contribution in [0, 0.1) is 12.7 Å². The fourth-order valence-electron chi connectivity index (χ4n) is 1.96. The lowest BCUT2D eigenvalue weighted by Gasteiger charge is -2.22. The molecule has 0 bridgehead atoms. The zero-order valence-electron chi connectivity index (χ0n) is 10.1. The minimum absolute atomic E-state index is 0.0200. The monoisotopic (exact) mass is 250 g/mol. The minimum Gasteiger partial charge on any atom is -0.354 e. The molecule has 5 heteroatoms. The van der Waals surface area contributed by atoms with Crippen LogP contribution in [-0.2, 0) is 4.79 Å². The molecule has 1 aromatic rings. The van der Waals surface area contributed by atoms with E-state index in [0.717, 1.165) is 12.0 Å². The summed E-state index contributed by atoms with van der Waals surface area (Å²) in [7, 11) is 0. The van der Waals surface area contributed by atoms with Gasteiger partial charge in [-0.3, -0.25) is 9.59 Å². The second-order valence-electron chi connectivity index (χ2n) is 4.44. The van der Waals surface area contributed by atoms with E-state index < -0.39 is 17.8 Å². The number of halogens is 1. The maximum Gasteiger partial charge on any atom is 0.254 e. The molecule has 2 amide bonds. The first-order chi connectivity index (χ1) is 8.58. The summed E-state index contributed by atoms with van der Waals surface area (Å²) >= 11 is 0. The molecule has 1 heterocycles. The van der Waals surface area contributed by atoms with Crippen LogP contribution >= 0.6 is 0 Å². The molecule has 1 aliphatic rings. The van der Waals surface area contributed by atoms with Gasteiger partial charge in [-0.2, -0.15) is 0 Å². The maximum absolute atomic E-state index is 13.5. The molecule has 1 unspecified atom stereocenters. The van der Waals surface area contributed by atoms with Crippen LogP contribution in [0.3, 0.4) is 0 Å². The molecular formula is C13H15FN2O2. The van der Waals surface area contributed by atoms with Crippen molar-refractivity contribution >= 4 is 11.8 Å². The van der Waals surface area contributed by atoms with Crippen molar-refractivity contribution < 1.29 is 14.0 Å². The van der Waals surface area contributed by atoms with Gasteiger partial charge in [0.15, 0.2) is 0 Å². The first kappa shape index (κ1) is 12.5. The van der Waals surface area contributed by atoms with E-state index in [-0.39, 0.29) is 11.5 Å². The van der Waals surface area contributed by atoms with Gasteiger partial charge in [-0.1, -0.05) is 11.6 Å². The Morgan fingerprint density at radius 2 is 2.28 bits per heavy atom. The molecule has 1 aliphatic heterocycles. The molecule has 1 aromatic carbocycles. The topological polar surface area (TPSA) is 58.2 Å². The normalized spacial score (nSPS) is 19.2. The third-order valence-electron chi connectivity index (χ3n) is 2.96. The SMILES string of the molecule is Cc1ccc(F)c(C(=O)NC2CCCNC2=O)c1. The third-order valence-corrected chi connectivity index (χ3v) is 2.96. The van der Waals surface area contributed by atoms with Crippen molar-refractivity contribution in [1.82, 2.24) is 10.6 Å². The van der Waals surface area contributed by atoms with Gasteiger partial charge >= 0.3 is 0 Å². The van der Waals surface area contributed by atoms with Gasteiger partial charge in [0.25, 0.3) is 5.91 Å². The highest BCUT2D eigenvalue weighted by Gasteiger charge is 2.24. The average molecular weight is 250 g/mol. The smallest absolute Gasteiger partial charge is 0.254 e. The largest absolute Gasteiger partial charge is 0.354 e. The van der Waals surface area contributed by atoms with Crippen LogP contribution in [0.5, 0.6) is 0 Å². The summed E-state index contributed by atoms with van der Waals surface area (Å²) in [4.78, 5) is 23.4. The molecule has 1 atom stereocenters. The van der Waals surface area contributed by atoms with Gasteiger partial charge in [0.1, 0.15) is 11.9 Å². The molecule has 4 nitrogen and oxygen atoms in total. The molecule has 2 rings (SSSR count). The van der Waals surface area contributed by atoms with Gasteiger partial charge in [-0.05, 0) is 31.9 Å². The zero-order chi connectivity index (χ0) is 13.1. The third kappa shape index (κ3) is 2.67. The number of amides is 2. The zero-order valence-corrected chi connectivity index (χ0v) is 10.1. The van der Waals surface area contributed by atoms with E-state index in [2.05, 4.69) is 10.6 Å². The van der Waals surface area contributed by atoms with Crippen LogP contribution in [0.15, 0.2) is 18.2 Å². The van der Waals surface area contributed by atoms with Crippen LogP contribution in [0.2, 0.25) is 0 Å². The number of hydrogen-bond donors (Lipinski definition) is 2. The standard InChI is InChI=1S/C13H15FN2O2/c1-8-4-5-10(14)9(7-8)12(17)16-11-3-2-6-15-13(11)18/h4-5,7,11H,2-3,6H2,1H3,(H,15,18)(H,16,17). The lowest BCUT2D eigenvalue weighted by Crippen LogP contribution is -2.50. The summed E-state index contributed by atoms with van der Waals surface area (Å²) in [6.45, 7) is 2.41. The number of benzene rings is 1. The Labute approximate surface area is 105 Å². The molecule has 1 saturated heterocycles. The van der Waals surface area contributed by atoms with Crippen LogP contribution in [-0.4, -0.2) is 24.4 Å². The van der Waals surface area contributed by atoms with Crippen molar-refractivity contribution in [3.05, 3.63) is 35.1 Å². The number of rotatable bonds is 2. The summed E-state index contributed by atoms with van der Waals surface area (Å²) < 4.78 is 13.5. The van der Waals surface area contributed by atoms with Crippen LogP contribution in [0.1, 0.15) is 28.8 Å².